The van der Waals surface area contributed by atoms with Crippen LogP contribution in [0.1, 0.15) is 149 Å². The minimum Gasteiger partial charge on any atom is -0.507 e. The second kappa shape index (κ2) is 42.3. The summed E-state index contributed by atoms with van der Waals surface area (Å²) in [5.41, 5.74) is 4.66. The third kappa shape index (κ3) is 22.0. The Balaban J connectivity index is 0.961. The van der Waals surface area contributed by atoms with Crippen LogP contribution >= 0.6 is 34.8 Å². The topological polar surface area (TPSA) is 572 Å². The molecule has 0 aromatic heterocycles. The summed E-state index contributed by atoms with van der Waals surface area (Å²) in [4.78, 5) is 120. The molecule has 1 aliphatic carbocycles. The Bertz CT molecular complexity index is 5350. The molecule has 8 aliphatic rings. The number of hydrogen-bond acceptors (Lipinski definition) is 31. The number of fused-ring (bicyclic) bond motifs is 15. The number of benzene rings is 7. The minimum atomic E-state index is -2.26. The first-order valence-corrected chi connectivity index (χ1v) is 43.9. The second-order valence-corrected chi connectivity index (χ2v) is 35.7. The highest BCUT2D eigenvalue weighted by Crippen LogP contribution is 2.52. The number of Topliss-reactive ketones (excluding diaryl/α,β-unsaturated/α-hetero) is 2. The predicted molar refractivity (Wildman–Crippen MR) is 467 cm³/mol. The molecule has 7 heterocycles. The lowest BCUT2D eigenvalue weighted by Gasteiger charge is -2.48. The van der Waals surface area contributed by atoms with E-state index in [-0.39, 0.29) is 90.1 Å². The fraction of sp³-hybridized carbons (Fsp3) is 0.457. The van der Waals surface area contributed by atoms with Gasteiger partial charge < -0.3 is 142 Å². The molecule has 0 radical (unpaired) electrons. The molecule has 1 saturated carbocycles. The SMILES string of the molecule is CC[C@H](CC(C)C)C(=O)N[C@H]1C(=O)C[C@@H](CC(N)=O)C(=O)N[C@H]2C(=O)C[C@H]3C(=O)N[C@H](C(=O)N[C@H](OC=O)c4cc(O)c(CNCCO[C@H]5OC(CO)[C@@H](O)[C@H](O)C5O)c(O)c4-c4cc3ccc4O)[C@H](O)c3ccc(c(Cl)c3)Oc3cc2cc(c3O[C@@H]2O[C@H](CO)C(O)C(O)[C@H]2O[C@@H]2C[C@@H](C)[C@@H](O)C(C)(NCc3ccc(-c4ccc(Cl)cc4)cc3)C2)Oc2ccc(cc2Cl)[C@H]1O. The normalized spacial score (nSPS) is 29.0. The molecule has 21 N–H and O–H groups in total. The Morgan fingerprint density at radius 1 is 0.664 bits per heavy atom. The van der Waals surface area contributed by atoms with Crippen molar-refractivity contribution in [2.75, 3.05) is 26.4 Å². The van der Waals surface area contributed by atoms with E-state index in [0.29, 0.717) is 11.4 Å². The summed E-state index contributed by atoms with van der Waals surface area (Å²) in [6.45, 7) is 6.46. The van der Waals surface area contributed by atoms with E-state index < -0.39 is 281 Å². The molecule has 3 fully saturated rings. The molecule has 15 rings (SSSR count). The highest BCUT2D eigenvalue weighted by atomic mass is 35.5. The van der Waals surface area contributed by atoms with Crippen LogP contribution in [-0.2, 0) is 75.1 Å². The number of nitrogens with one attached hydrogen (secondary N) is 6. The van der Waals surface area contributed by atoms with Gasteiger partial charge in [0.2, 0.25) is 47.8 Å². The van der Waals surface area contributed by atoms with Crippen LogP contribution in [0.25, 0.3) is 22.3 Å². The number of carbonyl (C=O) groups is 8. The van der Waals surface area contributed by atoms with Gasteiger partial charge in [-0.2, -0.15) is 0 Å². The zero-order valence-corrected chi connectivity index (χ0v) is 73.9. The second-order valence-electron chi connectivity index (χ2n) is 34.4. The van der Waals surface area contributed by atoms with E-state index in [1.165, 1.54) is 30.3 Å². The molecule has 704 valence electrons. The molecule has 36 nitrogen and oxygen atoms in total. The standard InChI is InChI=1S/C92H106Cl3N7O29/c1-6-43(23-40(2)3)85(120)100-72-61(108)28-50(31-69(96)110)86(121)99-71-49-29-65(127-63-19-14-47(74(72)111)26-57(63)94)82(131-91-83(80(117)78(115)68(38-104)130-91)126-52-24-41(4)84(119)92(5,34-52)98-35-42-7-9-44(10-8-42)45-11-16-51(93)17-12-45)66(30-49)128-64-20-15-48(27-58(64)95)75(112)73-88(123)102-89(125-39-105)55-33-60(107)56(36-97-21-22-124-90-81(118)79(116)77(114)67(37-103)129-90)76(113)70(55)54-25-46(13-18-59(54)106)53(32-62(71)109)87(122)101-73/h7-20,25-27,29-30,33,39-41,43,50,52-53,67-68,71-75,77-81,83-84,89-91,97-98,103-104,106-107,111-119H,6,21-24,28,31-32,34-38H2,1-5H3,(H2,96,110)(H,99,121)(H,100,120)(H,101,122)(H,102,123)/t41-,43-,50+,52-,53-,67?,68-,71-,72+,73+,74-,75-,77-,78?,79+,80?,81?,83-,84-,89-,90+,91+,92?/m1/s1. The van der Waals surface area contributed by atoms with E-state index in [0.717, 1.165) is 59.2 Å². The summed E-state index contributed by atoms with van der Waals surface area (Å²) < 4.78 is 50.4. The van der Waals surface area contributed by atoms with Gasteiger partial charge >= 0.3 is 0 Å². The maximum Gasteiger partial charge on any atom is 0.295 e. The van der Waals surface area contributed by atoms with E-state index in [2.05, 4.69) is 31.9 Å². The van der Waals surface area contributed by atoms with Gasteiger partial charge in [0.05, 0.1) is 59.5 Å². The number of phenols is 3. The Morgan fingerprint density at radius 3 is 1.89 bits per heavy atom. The average molecular weight is 1880 g/mol. The van der Waals surface area contributed by atoms with Crippen molar-refractivity contribution in [2.24, 2.45) is 29.4 Å². The van der Waals surface area contributed by atoms with Crippen LogP contribution in [0.15, 0.2) is 121 Å². The van der Waals surface area contributed by atoms with Crippen molar-refractivity contribution in [2.45, 2.75) is 214 Å². The maximum atomic E-state index is 16.6. The van der Waals surface area contributed by atoms with Crippen molar-refractivity contribution in [3.05, 3.63) is 175 Å². The molecule has 2 saturated heterocycles. The third-order valence-electron chi connectivity index (χ3n) is 24.8. The van der Waals surface area contributed by atoms with Crippen molar-refractivity contribution in [1.29, 1.82) is 0 Å². The van der Waals surface area contributed by atoms with Gasteiger partial charge in [-0.25, -0.2) is 0 Å². The van der Waals surface area contributed by atoms with E-state index in [1.54, 1.807) is 32.9 Å². The van der Waals surface area contributed by atoms with Crippen molar-refractivity contribution in [3.63, 3.8) is 0 Å². The number of aliphatic hydroxyl groups excluding tert-OH is 10. The number of ketones is 2. The molecule has 0 spiro atoms. The first-order chi connectivity index (χ1) is 62.4. The quantitative estimate of drug-likeness (QED) is 0.0255. The van der Waals surface area contributed by atoms with Gasteiger partial charge in [-0.3, -0.25) is 38.4 Å². The van der Waals surface area contributed by atoms with Crippen molar-refractivity contribution >= 4 is 82.4 Å². The Morgan fingerprint density at radius 2 is 1.28 bits per heavy atom. The molecule has 7 aromatic carbocycles. The van der Waals surface area contributed by atoms with Crippen LogP contribution in [0, 0.1) is 23.7 Å². The highest BCUT2D eigenvalue weighted by Gasteiger charge is 2.53. The summed E-state index contributed by atoms with van der Waals surface area (Å²) in [6, 6.07) is 22.3. The first-order valence-electron chi connectivity index (χ1n) is 42.8. The predicted octanol–water partition coefficient (Wildman–Crippen LogP) is 5.29. The molecule has 7 aromatic rings. The summed E-state index contributed by atoms with van der Waals surface area (Å²) in [6.07, 6.45) is -28.1. The number of rotatable bonds is 25. The molecular formula is C92H106Cl3N7O29. The number of hydrogen-bond donors (Lipinski definition) is 20. The van der Waals surface area contributed by atoms with Gasteiger partial charge in [-0.05, 0) is 150 Å². The lowest BCUT2D eigenvalue weighted by molar-refractivity contribution is -0.300. The van der Waals surface area contributed by atoms with E-state index in [9.17, 15) is 80.8 Å². The number of carbonyl (C=O) groups excluding carboxylic acids is 8. The van der Waals surface area contributed by atoms with E-state index in [4.69, 9.17) is 78.4 Å². The van der Waals surface area contributed by atoms with Crippen LogP contribution in [0.5, 0.6) is 46.0 Å². The third-order valence-corrected chi connectivity index (χ3v) is 25.6. The smallest absolute Gasteiger partial charge is 0.295 e. The number of halogens is 3. The van der Waals surface area contributed by atoms with Crippen LogP contribution in [0.4, 0.5) is 0 Å². The molecular weight excluding hydrogens is 1770 g/mol. The number of ether oxygens (including phenoxy) is 8. The Kier molecular flexibility index (Phi) is 31.7. The maximum absolute atomic E-state index is 16.6. The molecule has 7 aliphatic heterocycles. The number of amides is 5. The largest absolute Gasteiger partial charge is 0.507 e. The van der Waals surface area contributed by atoms with E-state index >= 15 is 24.0 Å². The molecule has 131 heavy (non-hydrogen) atoms. The van der Waals surface area contributed by atoms with Gasteiger partial charge in [0, 0.05) is 72.1 Å². The van der Waals surface area contributed by atoms with Crippen LogP contribution in [0.2, 0.25) is 15.1 Å². The lowest BCUT2D eigenvalue weighted by atomic mass is 9.73. The number of phenolic OH excluding ortho intramolecular Hbond substituents is 3. The van der Waals surface area contributed by atoms with Gasteiger partial charge in [0.25, 0.3) is 6.47 Å². The monoisotopic (exact) mass is 1880 g/mol. The van der Waals surface area contributed by atoms with Crippen molar-refractivity contribution in [1.82, 2.24) is 31.9 Å². The van der Waals surface area contributed by atoms with Crippen molar-refractivity contribution < 1.29 is 143 Å². The molecule has 39 heteroatoms. The molecule has 11 bridgehead atoms. The van der Waals surface area contributed by atoms with Crippen LogP contribution in [0.3, 0.4) is 0 Å². The zero-order valence-electron chi connectivity index (χ0n) is 71.7. The van der Waals surface area contributed by atoms with Gasteiger partial charge in [0.15, 0.2) is 29.4 Å². The molecule has 5 unspecified atom stereocenters. The number of aliphatic hydroxyl groups is 10. The first kappa shape index (κ1) is 98.2. The van der Waals surface area contributed by atoms with Gasteiger partial charge in [-0.1, -0.05) is 117 Å². The van der Waals surface area contributed by atoms with E-state index in [1.807, 2.05) is 50.2 Å². The van der Waals surface area contributed by atoms with Crippen LogP contribution < -0.4 is 51.8 Å². The fourth-order valence-corrected chi connectivity index (χ4v) is 18.1. The minimum absolute atomic E-state index is 0.0425. The van der Waals surface area contributed by atoms with Crippen LogP contribution in [-0.4, -0.2) is 232 Å². The summed E-state index contributed by atoms with van der Waals surface area (Å²) in [5.74, 6) is -18.0. The van der Waals surface area contributed by atoms with Crippen molar-refractivity contribution in [3.8, 4) is 68.2 Å². The average Bonchev–Trinajstić information content (AvgIpc) is 0.773. The molecule has 5 amide bonds. The number of primary amides is 1. The molecule has 23 atom stereocenters. The van der Waals surface area contributed by atoms with Gasteiger partial charge in [0.1, 0.15) is 108 Å². The summed E-state index contributed by atoms with van der Waals surface area (Å²) >= 11 is 20.7. The number of aromatic hydroxyl groups is 3. The fourth-order valence-electron chi connectivity index (χ4n) is 17.6. The van der Waals surface area contributed by atoms with Gasteiger partial charge in [-0.15, -0.1) is 0 Å². The Hall–Kier alpha value is -10.3. The summed E-state index contributed by atoms with van der Waals surface area (Å²) in [5, 5.41) is 167. The highest BCUT2D eigenvalue weighted by molar-refractivity contribution is 6.32. The lowest BCUT2D eigenvalue weighted by Crippen LogP contribution is -2.64. The summed E-state index contributed by atoms with van der Waals surface area (Å²) in [7, 11) is 0. The zero-order chi connectivity index (χ0) is 94.5. The number of nitrogens with two attached hydrogens (primary N) is 1. The Labute approximate surface area is 766 Å².